The van der Waals surface area contributed by atoms with Crippen LogP contribution < -0.4 is 4.74 Å². The second-order valence-electron chi connectivity index (χ2n) is 7.75. The maximum absolute atomic E-state index is 12.6. The average Bonchev–Trinajstić information content (AvgIpc) is 2.80. The summed E-state index contributed by atoms with van der Waals surface area (Å²) in [6.07, 6.45) is 0.960. The van der Waals surface area contributed by atoms with E-state index in [0.717, 1.165) is 16.1 Å². The van der Waals surface area contributed by atoms with Gasteiger partial charge < -0.3 is 19.4 Å². The minimum atomic E-state index is -0.843. The first kappa shape index (κ1) is 20.0. The molecule has 1 aliphatic heterocycles. The molecule has 0 spiro atoms. The van der Waals surface area contributed by atoms with Gasteiger partial charge in [0, 0.05) is 5.56 Å². The number of rotatable bonds is 4. The SMILES string of the molecule is COc1ccc(C/[N+]([O-])=C/C2COC(C)(C)N2C(=O)OC(C)(C)C)cc1. The van der Waals surface area contributed by atoms with Crippen LogP contribution in [0.1, 0.15) is 40.2 Å². The molecule has 26 heavy (non-hydrogen) atoms. The largest absolute Gasteiger partial charge is 0.624 e. The van der Waals surface area contributed by atoms with Crippen molar-refractivity contribution in [2.75, 3.05) is 13.7 Å². The lowest BCUT2D eigenvalue weighted by Crippen LogP contribution is -2.50. The molecule has 1 aromatic carbocycles. The number of benzene rings is 1. The Balaban J connectivity index is 2.13. The van der Waals surface area contributed by atoms with Crippen molar-refractivity contribution in [2.24, 2.45) is 0 Å². The molecular formula is C19H28N2O5. The molecule has 7 heteroatoms. The third-order valence-corrected chi connectivity index (χ3v) is 3.95. The first-order valence-corrected chi connectivity index (χ1v) is 8.60. The van der Waals surface area contributed by atoms with E-state index in [0.29, 0.717) is 0 Å². The summed E-state index contributed by atoms with van der Waals surface area (Å²) < 4.78 is 17.1. The van der Waals surface area contributed by atoms with E-state index >= 15 is 0 Å². The van der Waals surface area contributed by atoms with Crippen LogP contribution in [0.25, 0.3) is 0 Å². The third-order valence-electron chi connectivity index (χ3n) is 3.95. The zero-order valence-corrected chi connectivity index (χ0v) is 16.3. The minimum absolute atomic E-state index is 0.170. The topological polar surface area (TPSA) is 74.1 Å². The molecule has 0 bridgehead atoms. The number of methoxy groups -OCH3 is 1. The molecule has 0 radical (unpaired) electrons. The Hall–Kier alpha value is -2.28. The Labute approximate surface area is 154 Å². The van der Waals surface area contributed by atoms with E-state index in [4.69, 9.17) is 14.2 Å². The lowest BCUT2D eigenvalue weighted by molar-refractivity contribution is -0.472. The molecule has 144 valence electrons. The summed E-state index contributed by atoms with van der Waals surface area (Å²) in [7, 11) is 1.59. The first-order valence-electron chi connectivity index (χ1n) is 8.60. The van der Waals surface area contributed by atoms with Gasteiger partial charge in [0.05, 0.1) is 13.7 Å². The van der Waals surface area contributed by atoms with Crippen LogP contribution in [-0.2, 0) is 16.0 Å². The Morgan fingerprint density at radius 1 is 1.38 bits per heavy atom. The predicted molar refractivity (Wildman–Crippen MR) is 98.3 cm³/mol. The summed E-state index contributed by atoms with van der Waals surface area (Å²) in [5.74, 6) is 0.734. The molecule has 1 aromatic rings. The van der Waals surface area contributed by atoms with Crippen molar-refractivity contribution in [1.82, 2.24) is 4.90 Å². The van der Waals surface area contributed by atoms with Crippen LogP contribution in [0.3, 0.4) is 0 Å². The van der Waals surface area contributed by atoms with Crippen LogP contribution in [0.4, 0.5) is 4.79 Å². The molecule has 1 atom stereocenters. The number of hydroxylamine groups is 1. The van der Waals surface area contributed by atoms with Gasteiger partial charge in [-0.3, -0.25) is 4.90 Å². The molecule has 0 saturated carbocycles. The Bertz CT molecular complexity index is 662. The fraction of sp³-hybridized carbons (Fsp3) is 0.579. The third kappa shape index (κ3) is 5.11. The van der Waals surface area contributed by atoms with Crippen molar-refractivity contribution in [3.05, 3.63) is 35.0 Å². The molecule has 1 aliphatic rings. The fourth-order valence-electron chi connectivity index (χ4n) is 2.76. The van der Waals surface area contributed by atoms with Gasteiger partial charge in [-0.05, 0) is 58.9 Å². The first-order chi connectivity index (χ1) is 12.0. The molecule has 1 amide bonds. The van der Waals surface area contributed by atoms with Gasteiger partial charge in [-0.1, -0.05) is 0 Å². The maximum atomic E-state index is 12.6. The second-order valence-corrected chi connectivity index (χ2v) is 7.75. The van der Waals surface area contributed by atoms with E-state index in [1.807, 2.05) is 12.1 Å². The van der Waals surface area contributed by atoms with Crippen LogP contribution in [0, 0.1) is 5.21 Å². The van der Waals surface area contributed by atoms with Gasteiger partial charge in [-0.15, -0.1) is 0 Å². The molecule has 0 aromatic heterocycles. The fourth-order valence-corrected chi connectivity index (χ4v) is 2.76. The van der Waals surface area contributed by atoms with Crippen molar-refractivity contribution < 1.29 is 23.7 Å². The Morgan fingerprint density at radius 3 is 2.54 bits per heavy atom. The maximum Gasteiger partial charge on any atom is 0.413 e. The van der Waals surface area contributed by atoms with Crippen molar-refractivity contribution in [3.8, 4) is 5.75 Å². The van der Waals surface area contributed by atoms with Crippen LogP contribution >= 0.6 is 0 Å². The summed E-state index contributed by atoms with van der Waals surface area (Å²) in [6.45, 7) is 9.38. The predicted octanol–water partition coefficient (Wildman–Crippen LogP) is 3.15. The summed E-state index contributed by atoms with van der Waals surface area (Å²) in [5, 5.41) is 12.4. The lowest BCUT2D eigenvalue weighted by Gasteiger charge is -2.33. The number of carbonyl (C=O) groups is 1. The highest BCUT2D eigenvalue weighted by atomic mass is 16.6. The van der Waals surface area contributed by atoms with E-state index in [1.54, 1.807) is 53.9 Å². The Kier molecular flexibility index (Phi) is 5.81. The van der Waals surface area contributed by atoms with E-state index < -0.39 is 23.5 Å². The Morgan fingerprint density at radius 2 is 2.00 bits per heavy atom. The van der Waals surface area contributed by atoms with Crippen LogP contribution in [-0.4, -0.2) is 53.0 Å². The second kappa shape index (κ2) is 7.53. The quantitative estimate of drug-likeness (QED) is 0.355. The summed E-state index contributed by atoms with van der Waals surface area (Å²) in [5.41, 5.74) is -0.621. The number of hydrogen-bond donors (Lipinski definition) is 0. The van der Waals surface area contributed by atoms with Gasteiger partial charge in [-0.2, -0.15) is 0 Å². The zero-order chi connectivity index (χ0) is 19.5. The number of ether oxygens (including phenoxy) is 3. The van der Waals surface area contributed by atoms with E-state index in [-0.39, 0.29) is 13.2 Å². The van der Waals surface area contributed by atoms with Crippen molar-refractivity contribution >= 4 is 12.3 Å². The molecule has 0 aliphatic carbocycles. The number of carbonyl (C=O) groups excluding carboxylic acids is 1. The molecule has 1 unspecified atom stereocenters. The molecular weight excluding hydrogens is 336 g/mol. The van der Waals surface area contributed by atoms with Gasteiger partial charge in [0.15, 0.2) is 12.8 Å². The highest BCUT2D eigenvalue weighted by molar-refractivity contribution is 5.75. The number of nitrogens with zero attached hydrogens (tertiary/aromatic N) is 2. The standard InChI is InChI=1S/C19H28N2O5/c1-18(2,3)26-17(22)21-15(13-25-19(21,4)5)12-20(23)11-14-7-9-16(24-6)10-8-14/h7-10,12,15H,11,13H2,1-6H3/b20-12-. The van der Waals surface area contributed by atoms with E-state index in [2.05, 4.69) is 0 Å². The van der Waals surface area contributed by atoms with Gasteiger partial charge in [0.25, 0.3) is 0 Å². The minimum Gasteiger partial charge on any atom is -0.624 e. The molecule has 1 saturated heterocycles. The molecule has 0 N–H and O–H groups in total. The van der Waals surface area contributed by atoms with Crippen LogP contribution in [0.5, 0.6) is 5.75 Å². The van der Waals surface area contributed by atoms with Gasteiger partial charge in [0.2, 0.25) is 0 Å². The van der Waals surface area contributed by atoms with Crippen molar-refractivity contribution in [2.45, 2.75) is 58.5 Å². The van der Waals surface area contributed by atoms with Crippen molar-refractivity contribution in [1.29, 1.82) is 0 Å². The lowest BCUT2D eigenvalue weighted by atomic mass is 10.2. The molecule has 1 heterocycles. The monoisotopic (exact) mass is 364 g/mol. The summed E-state index contributed by atoms with van der Waals surface area (Å²) >= 11 is 0. The van der Waals surface area contributed by atoms with Gasteiger partial charge in [0.1, 0.15) is 23.1 Å². The van der Waals surface area contributed by atoms with Gasteiger partial charge >= 0.3 is 6.09 Å². The van der Waals surface area contributed by atoms with Crippen LogP contribution in [0.2, 0.25) is 0 Å². The molecule has 7 nitrogen and oxygen atoms in total. The normalized spacial score (nSPS) is 20.2. The van der Waals surface area contributed by atoms with E-state index in [1.165, 1.54) is 11.1 Å². The van der Waals surface area contributed by atoms with E-state index in [9.17, 15) is 10.0 Å². The zero-order valence-electron chi connectivity index (χ0n) is 16.3. The highest BCUT2D eigenvalue weighted by Crippen LogP contribution is 2.28. The van der Waals surface area contributed by atoms with Crippen molar-refractivity contribution in [3.63, 3.8) is 0 Å². The highest BCUT2D eigenvalue weighted by Gasteiger charge is 2.46. The molecule has 1 fully saturated rings. The van der Waals surface area contributed by atoms with Crippen LogP contribution in [0.15, 0.2) is 24.3 Å². The molecule has 2 rings (SSSR count). The van der Waals surface area contributed by atoms with Gasteiger partial charge in [-0.25, -0.2) is 9.53 Å². The summed E-state index contributed by atoms with van der Waals surface area (Å²) in [6, 6.07) is 6.78. The summed E-state index contributed by atoms with van der Waals surface area (Å²) in [4.78, 5) is 14.0. The smallest absolute Gasteiger partial charge is 0.413 e. The average molecular weight is 364 g/mol. The number of amides is 1. The number of hydrogen-bond acceptors (Lipinski definition) is 5.